The molecule has 1 amide bonds. The predicted molar refractivity (Wildman–Crippen MR) is 99.1 cm³/mol. The number of hydrogen-bond acceptors (Lipinski definition) is 6. The molecule has 28 heavy (non-hydrogen) atoms. The Balaban J connectivity index is 2.99. The molecule has 1 atom stereocenters. The van der Waals surface area contributed by atoms with Gasteiger partial charge in [0.2, 0.25) is 0 Å². The van der Waals surface area contributed by atoms with Gasteiger partial charge in [-0.3, -0.25) is 0 Å². The predicted octanol–water partition coefficient (Wildman–Crippen LogP) is 4.46. The van der Waals surface area contributed by atoms with E-state index in [1.165, 1.54) is 19.2 Å². The molecule has 0 saturated carbocycles. The number of carbonyl (C=O) groups is 2. The van der Waals surface area contributed by atoms with Gasteiger partial charge in [-0.2, -0.15) is 13.2 Å². The van der Waals surface area contributed by atoms with Crippen LogP contribution in [0.4, 0.5) is 18.0 Å². The fourth-order valence-corrected chi connectivity index (χ4v) is 2.70. The molecule has 0 aromatic heterocycles. The zero-order valence-corrected chi connectivity index (χ0v) is 17.3. The Morgan fingerprint density at radius 2 is 1.68 bits per heavy atom. The van der Waals surface area contributed by atoms with Crippen molar-refractivity contribution in [2.75, 3.05) is 7.11 Å². The van der Waals surface area contributed by atoms with E-state index < -0.39 is 41.3 Å². The Bertz CT molecular complexity index is 693. The molecule has 0 spiro atoms. The second-order valence-electron chi connectivity index (χ2n) is 7.07. The van der Waals surface area contributed by atoms with E-state index in [1.807, 2.05) is 0 Å². The van der Waals surface area contributed by atoms with Crippen molar-refractivity contribution >= 4 is 24.1 Å². The average molecular weight is 423 g/mol. The molecule has 1 aromatic carbocycles. The van der Waals surface area contributed by atoms with Gasteiger partial charge in [-0.15, -0.1) is 0 Å². The van der Waals surface area contributed by atoms with Crippen LogP contribution in [0, 0.1) is 13.8 Å². The Labute approximate surface area is 166 Å². The maximum atomic E-state index is 12.3. The first-order valence-electron chi connectivity index (χ1n) is 8.31. The first-order chi connectivity index (χ1) is 12.7. The number of benzene rings is 1. The highest BCUT2D eigenvalue weighted by Gasteiger charge is 2.32. The monoisotopic (exact) mass is 423 g/mol. The fraction of sp³-hybridized carbons (Fsp3) is 0.556. The van der Waals surface area contributed by atoms with Gasteiger partial charge in [-0.25, -0.2) is 9.59 Å². The lowest BCUT2D eigenvalue weighted by Crippen LogP contribution is -2.45. The minimum absolute atomic E-state index is 0.0378. The van der Waals surface area contributed by atoms with E-state index >= 15 is 0 Å². The number of carbonyl (C=O) groups excluding carboxylic acids is 2. The van der Waals surface area contributed by atoms with Gasteiger partial charge in [0.05, 0.1) is 7.11 Å². The van der Waals surface area contributed by atoms with E-state index in [0.29, 0.717) is 16.7 Å². The molecule has 0 aliphatic carbocycles. The SMILES string of the molecule is COC(=O)[C@H](Cc1c(C)cc(OSC(F)(F)F)cc1C)NC(=O)OC(C)(C)C. The lowest BCUT2D eigenvalue weighted by atomic mass is 9.96. The zero-order chi connectivity index (χ0) is 21.7. The van der Waals surface area contributed by atoms with Crippen LogP contribution >= 0.6 is 12.0 Å². The van der Waals surface area contributed by atoms with Crippen LogP contribution in [-0.2, 0) is 20.7 Å². The lowest BCUT2D eigenvalue weighted by molar-refractivity contribution is -0.143. The molecule has 158 valence electrons. The molecule has 0 radical (unpaired) electrons. The molecule has 1 N–H and O–H groups in total. The highest BCUT2D eigenvalue weighted by Crippen LogP contribution is 2.34. The summed E-state index contributed by atoms with van der Waals surface area (Å²) in [6.07, 6.45) is -0.698. The van der Waals surface area contributed by atoms with Gasteiger partial charge in [-0.05, 0) is 63.4 Å². The maximum Gasteiger partial charge on any atom is 0.479 e. The van der Waals surface area contributed by atoms with Crippen LogP contribution in [0.5, 0.6) is 5.75 Å². The van der Waals surface area contributed by atoms with Crippen LogP contribution in [0.25, 0.3) is 0 Å². The smallest absolute Gasteiger partial charge is 0.467 e. The second kappa shape index (κ2) is 9.40. The molecule has 0 unspecified atom stereocenters. The molecule has 0 fully saturated rings. The van der Waals surface area contributed by atoms with E-state index in [2.05, 4.69) is 5.32 Å². The summed E-state index contributed by atoms with van der Waals surface area (Å²) in [7, 11) is 1.19. The Hall–Kier alpha value is -2.10. The van der Waals surface area contributed by atoms with Crippen LogP contribution in [0.3, 0.4) is 0 Å². The number of amides is 1. The first-order valence-corrected chi connectivity index (χ1v) is 9.06. The molecule has 6 nitrogen and oxygen atoms in total. The van der Waals surface area contributed by atoms with Crippen LogP contribution < -0.4 is 9.50 Å². The quantitative estimate of drug-likeness (QED) is 0.538. The third-order valence-electron chi connectivity index (χ3n) is 3.49. The molecule has 10 heteroatoms. The van der Waals surface area contributed by atoms with Gasteiger partial charge in [0, 0.05) is 6.42 Å². The Morgan fingerprint density at radius 1 is 1.14 bits per heavy atom. The second-order valence-corrected chi connectivity index (χ2v) is 7.87. The fourth-order valence-electron chi connectivity index (χ4n) is 2.41. The number of alkyl halides is 3. The molecular weight excluding hydrogens is 399 g/mol. The van der Waals surface area contributed by atoms with E-state index in [1.54, 1.807) is 34.6 Å². The number of aryl methyl sites for hydroxylation is 2. The van der Waals surface area contributed by atoms with Crippen LogP contribution in [-0.4, -0.2) is 36.3 Å². The number of methoxy groups -OCH3 is 1. The van der Waals surface area contributed by atoms with Crippen LogP contribution in [0.1, 0.15) is 37.5 Å². The Morgan fingerprint density at radius 3 is 2.11 bits per heavy atom. The van der Waals surface area contributed by atoms with Gasteiger partial charge in [0.25, 0.3) is 0 Å². The van der Waals surface area contributed by atoms with Gasteiger partial charge in [0.15, 0.2) is 12.0 Å². The Kier molecular flexibility index (Phi) is 8.04. The van der Waals surface area contributed by atoms with E-state index in [9.17, 15) is 22.8 Å². The first kappa shape index (κ1) is 23.9. The minimum Gasteiger partial charge on any atom is -0.467 e. The van der Waals surface area contributed by atoms with Crippen molar-refractivity contribution in [2.45, 2.75) is 58.2 Å². The maximum absolute atomic E-state index is 12.3. The molecule has 0 aliphatic rings. The summed E-state index contributed by atoms with van der Waals surface area (Å²) in [5.74, 6) is -0.631. The summed E-state index contributed by atoms with van der Waals surface area (Å²) in [5.41, 5.74) is -3.37. The summed E-state index contributed by atoms with van der Waals surface area (Å²) in [4.78, 5) is 24.1. The van der Waals surface area contributed by atoms with Crippen LogP contribution in [0.2, 0.25) is 0 Å². The van der Waals surface area contributed by atoms with E-state index in [4.69, 9.17) is 13.7 Å². The summed E-state index contributed by atoms with van der Waals surface area (Å²) in [6, 6.07) is 1.85. The summed E-state index contributed by atoms with van der Waals surface area (Å²) < 4.78 is 51.5. The van der Waals surface area contributed by atoms with Gasteiger partial charge in [-0.1, -0.05) is 0 Å². The molecule has 1 aromatic rings. The number of esters is 1. The molecule has 1 rings (SSSR count). The largest absolute Gasteiger partial charge is 0.479 e. The standard InChI is InChI=1S/C18H24F3NO5S/c1-10-7-12(27-28-18(19,20)21)8-11(2)13(10)9-14(15(23)25-6)22-16(24)26-17(3,4)5/h7-8,14H,9H2,1-6H3,(H,22,24)/t14-/m0/s1. The van der Waals surface area contributed by atoms with Crippen molar-refractivity contribution in [1.82, 2.24) is 5.32 Å². The number of rotatable bonds is 6. The average Bonchev–Trinajstić information content (AvgIpc) is 2.52. The summed E-state index contributed by atoms with van der Waals surface area (Å²) in [5, 5.41) is 2.47. The highest BCUT2D eigenvalue weighted by atomic mass is 32.2. The van der Waals surface area contributed by atoms with Crippen molar-refractivity contribution in [3.05, 3.63) is 28.8 Å². The molecular formula is C18H24F3NO5S. The van der Waals surface area contributed by atoms with E-state index in [-0.39, 0.29) is 12.2 Å². The van der Waals surface area contributed by atoms with Crippen molar-refractivity contribution < 1.29 is 36.4 Å². The third-order valence-corrected chi connectivity index (χ3v) is 3.95. The minimum atomic E-state index is -4.52. The summed E-state index contributed by atoms with van der Waals surface area (Å²) in [6.45, 7) is 8.41. The number of nitrogens with one attached hydrogen (secondary N) is 1. The number of halogens is 3. The molecule has 0 saturated heterocycles. The van der Waals surface area contributed by atoms with Crippen molar-refractivity contribution in [2.24, 2.45) is 0 Å². The van der Waals surface area contributed by atoms with Crippen molar-refractivity contribution in [3.63, 3.8) is 0 Å². The zero-order valence-electron chi connectivity index (χ0n) is 16.5. The third kappa shape index (κ3) is 8.28. The lowest BCUT2D eigenvalue weighted by Gasteiger charge is -2.23. The number of ether oxygens (including phenoxy) is 2. The molecule has 0 bridgehead atoms. The highest BCUT2D eigenvalue weighted by molar-refractivity contribution is 7.95. The number of alkyl carbamates (subject to hydrolysis) is 1. The number of hydrogen-bond donors (Lipinski definition) is 1. The van der Waals surface area contributed by atoms with Crippen molar-refractivity contribution in [1.29, 1.82) is 0 Å². The summed E-state index contributed by atoms with van der Waals surface area (Å²) >= 11 is -0.602. The topological polar surface area (TPSA) is 73.9 Å². The van der Waals surface area contributed by atoms with Gasteiger partial charge < -0.3 is 19.0 Å². The van der Waals surface area contributed by atoms with Crippen LogP contribution in [0.15, 0.2) is 12.1 Å². The van der Waals surface area contributed by atoms with Crippen molar-refractivity contribution in [3.8, 4) is 5.75 Å². The van der Waals surface area contributed by atoms with Gasteiger partial charge in [0.1, 0.15) is 17.4 Å². The normalized spacial score (nSPS) is 12.9. The van der Waals surface area contributed by atoms with E-state index in [0.717, 1.165) is 0 Å². The molecule has 0 heterocycles. The van der Waals surface area contributed by atoms with Gasteiger partial charge >= 0.3 is 17.6 Å². The molecule has 0 aliphatic heterocycles.